The first-order chi connectivity index (χ1) is 8.70. The molecule has 0 radical (unpaired) electrons. The molecule has 3 N–H and O–H groups in total. The van der Waals surface area contributed by atoms with E-state index in [1.165, 1.54) is 19.4 Å². The minimum Gasteiger partial charge on any atom is -0.465 e. The molecule has 100 valence electrons. The first-order valence-electron chi connectivity index (χ1n) is 5.76. The Labute approximate surface area is 106 Å². The highest BCUT2D eigenvalue weighted by Gasteiger charge is 2.13. The van der Waals surface area contributed by atoms with E-state index in [0.717, 1.165) is 26.0 Å². The van der Waals surface area contributed by atoms with Crippen LogP contribution in [0.15, 0.2) is 12.3 Å². The number of pyridine rings is 1. The molecule has 1 rings (SSSR count). The molecular formula is C12H19N3O3. The molecule has 0 amide bonds. The van der Waals surface area contributed by atoms with Crippen LogP contribution < -0.4 is 11.1 Å². The van der Waals surface area contributed by atoms with Crippen molar-refractivity contribution in [3.05, 3.63) is 17.8 Å². The third-order valence-corrected chi connectivity index (χ3v) is 2.46. The summed E-state index contributed by atoms with van der Waals surface area (Å²) in [4.78, 5) is 15.5. The van der Waals surface area contributed by atoms with Gasteiger partial charge in [-0.05, 0) is 18.9 Å². The van der Waals surface area contributed by atoms with Crippen molar-refractivity contribution in [3.8, 4) is 0 Å². The quantitative estimate of drug-likeness (QED) is 0.562. The predicted octanol–water partition coefficient (Wildman–Crippen LogP) is 1.29. The minimum absolute atomic E-state index is 0.316. The first kappa shape index (κ1) is 14.2. The SMILES string of the molecule is COCCCCNc1nccc(C(=O)OC)c1N. The molecule has 6 nitrogen and oxygen atoms in total. The van der Waals surface area contributed by atoms with Crippen molar-refractivity contribution in [2.75, 3.05) is 38.4 Å². The van der Waals surface area contributed by atoms with Gasteiger partial charge in [0.25, 0.3) is 0 Å². The van der Waals surface area contributed by atoms with Crippen molar-refractivity contribution in [1.29, 1.82) is 0 Å². The van der Waals surface area contributed by atoms with Gasteiger partial charge in [0.15, 0.2) is 0 Å². The molecular weight excluding hydrogens is 234 g/mol. The maximum atomic E-state index is 11.4. The van der Waals surface area contributed by atoms with Gasteiger partial charge in [0.2, 0.25) is 0 Å². The second-order valence-corrected chi connectivity index (χ2v) is 3.74. The number of ether oxygens (including phenoxy) is 2. The summed E-state index contributed by atoms with van der Waals surface area (Å²) in [6.45, 7) is 1.46. The highest BCUT2D eigenvalue weighted by atomic mass is 16.5. The number of aromatic nitrogens is 1. The van der Waals surface area contributed by atoms with Gasteiger partial charge in [-0.1, -0.05) is 0 Å². The molecule has 1 aromatic rings. The summed E-state index contributed by atoms with van der Waals surface area (Å²) in [5.74, 6) is 0.0487. The minimum atomic E-state index is -0.461. The number of nitrogen functional groups attached to an aromatic ring is 1. The fourth-order valence-electron chi connectivity index (χ4n) is 1.48. The summed E-state index contributed by atoms with van der Waals surface area (Å²) in [6, 6.07) is 1.54. The van der Waals surface area contributed by atoms with E-state index in [1.54, 1.807) is 7.11 Å². The molecule has 0 bridgehead atoms. The Kier molecular flexibility index (Phi) is 5.93. The molecule has 0 saturated carbocycles. The van der Waals surface area contributed by atoms with E-state index >= 15 is 0 Å². The molecule has 1 aromatic heterocycles. The second kappa shape index (κ2) is 7.50. The van der Waals surface area contributed by atoms with Crippen molar-refractivity contribution in [3.63, 3.8) is 0 Å². The Morgan fingerprint density at radius 3 is 2.89 bits per heavy atom. The maximum Gasteiger partial charge on any atom is 0.340 e. The molecule has 1 heterocycles. The summed E-state index contributed by atoms with van der Waals surface area (Å²) in [5, 5.41) is 3.09. The van der Waals surface area contributed by atoms with Gasteiger partial charge in [0.1, 0.15) is 5.82 Å². The number of methoxy groups -OCH3 is 2. The smallest absolute Gasteiger partial charge is 0.340 e. The largest absolute Gasteiger partial charge is 0.465 e. The second-order valence-electron chi connectivity index (χ2n) is 3.74. The number of nitrogens with one attached hydrogen (secondary N) is 1. The standard InChI is InChI=1S/C12H19N3O3/c1-17-8-4-3-6-14-11-10(13)9(5-7-15-11)12(16)18-2/h5,7H,3-4,6,8,13H2,1-2H3,(H,14,15). The number of anilines is 2. The van der Waals surface area contributed by atoms with Crippen LogP contribution >= 0.6 is 0 Å². The summed E-state index contributed by atoms with van der Waals surface area (Å²) in [5.41, 5.74) is 6.49. The highest BCUT2D eigenvalue weighted by Crippen LogP contribution is 2.20. The van der Waals surface area contributed by atoms with Crippen LogP contribution in [0.4, 0.5) is 11.5 Å². The number of esters is 1. The third kappa shape index (κ3) is 3.89. The summed E-state index contributed by atoms with van der Waals surface area (Å²) in [7, 11) is 2.99. The molecule has 0 unspecified atom stereocenters. The van der Waals surface area contributed by atoms with E-state index in [-0.39, 0.29) is 0 Å². The number of unbranched alkanes of at least 4 members (excludes halogenated alkanes) is 1. The van der Waals surface area contributed by atoms with Gasteiger partial charge >= 0.3 is 5.97 Å². The Bertz CT molecular complexity index is 396. The lowest BCUT2D eigenvalue weighted by Gasteiger charge is -2.10. The Morgan fingerprint density at radius 1 is 1.44 bits per heavy atom. The van der Waals surface area contributed by atoms with Gasteiger partial charge in [-0.3, -0.25) is 0 Å². The van der Waals surface area contributed by atoms with E-state index < -0.39 is 5.97 Å². The number of nitrogens with two attached hydrogens (primary N) is 1. The van der Waals surface area contributed by atoms with Gasteiger partial charge in [0, 0.05) is 26.5 Å². The zero-order valence-electron chi connectivity index (χ0n) is 10.7. The number of hydrogen-bond donors (Lipinski definition) is 2. The Hall–Kier alpha value is -1.82. The van der Waals surface area contributed by atoms with Crippen LogP contribution in [0.5, 0.6) is 0 Å². The van der Waals surface area contributed by atoms with Crippen molar-refractivity contribution < 1.29 is 14.3 Å². The molecule has 6 heteroatoms. The Morgan fingerprint density at radius 2 is 2.22 bits per heavy atom. The normalized spacial score (nSPS) is 10.1. The van der Waals surface area contributed by atoms with Gasteiger partial charge in [0.05, 0.1) is 18.4 Å². The average molecular weight is 253 g/mol. The number of carbonyl (C=O) groups is 1. The van der Waals surface area contributed by atoms with Crippen molar-refractivity contribution in [1.82, 2.24) is 4.98 Å². The van der Waals surface area contributed by atoms with Crippen LogP contribution in [0.1, 0.15) is 23.2 Å². The van der Waals surface area contributed by atoms with Crippen molar-refractivity contribution >= 4 is 17.5 Å². The number of hydrogen-bond acceptors (Lipinski definition) is 6. The first-order valence-corrected chi connectivity index (χ1v) is 5.76. The number of rotatable bonds is 7. The lowest BCUT2D eigenvalue weighted by atomic mass is 10.2. The number of carbonyl (C=O) groups excluding carboxylic acids is 1. The van der Waals surface area contributed by atoms with E-state index in [2.05, 4.69) is 15.0 Å². The third-order valence-electron chi connectivity index (χ3n) is 2.46. The van der Waals surface area contributed by atoms with Gasteiger partial charge < -0.3 is 20.5 Å². The lowest BCUT2D eigenvalue weighted by molar-refractivity contribution is 0.0602. The molecule has 18 heavy (non-hydrogen) atoms. The fourth-order valence-corrected chi connectivity index (χ4v) is 1.48. The van der Waals surface area contributed by atoms with Crippen LogP contribution in [0.2, 0.25) is 0 Å². The molecule has 0 saturated heterocycles. The van der Waals surface area contributed by atoms with E-state index in [0.29, 0.717) is 17.1 Å². The summed E-state index contributed by atoms with van der Waals surface area (Å²) >= 11 is 0. The average Bonchev–Trinajstić information content (AvgIpc) is 2.39. The molecule has 0 aliphatic rings. The molecule has 0 aromatic carbocycles. The maximum absolute atomic E-state index is 11.4. The predicted molar refractivity (Wildman–Crippen MR) is 69.6 cm³/mol. The van der Waals surface area contributed by atoms with Crippen LogP contribution in [0.25, 0.3) is 0 Å². The van der Waals surface area contributed by atoms with Crippen LogP contribution in [0.3, 0.4) is 0 Å². The van der Waals surface area contributed by atoms with Crippen LogP contribution in [0, 0.1) is 0 Å². The molecule has 0 aliphatic carbocycles. The van der Waals surface area contributed by atoms with Gasteiger partial charge in [-0.15, -0.1) is 0 Å². The zero-order valence-corrected chi connectivity index (χ0v) is 10.7. The highest BCUT2D eigenvalue weighted by molar-refractivity contribution is 5.97. The monoisotopic (exact) mass is 253 g/mol. The van der Waals surface area contributed by atoms with E-state index in [4.69, 9.17) is 10.5 Å². The van der Waals surface area contributed by atoms with Gasteiger partial charge in [-0.2, -0.15) is 0 Å². The van der Waals surface area contributed by atoms with Crippen LogP contribution in [-0.2, 0) is 9.47 Å². The van der Waals surface area contributed by atoms with E-state index in [1.807, 2.05) is 0 Å². The van der Waals surface area contributed by atoms with Gasteiger partial charge in [-0.25, -0.2) is 9.78 Å². The number of nitrogens with zero attached hydrogens (tertiary/aromatic N) is 1. The van der Waals surface area contributed by atoms with Crippen LogP contribution in [-0.4, -0.2) is 38.3 Å². The lowest BCUT2D eigenvalue weighted by Crippen LogP contribution is -2.11. The molecule has 0 fully saturated rings. The van der Waals surface area contributed by atoms with Crippen molar-refractivity contribution in [2.45, 2.75) is 12.8 Å². The topological polar surface area (TPSA) is 86.5 Å². The van der Waals surface area contributed by atoms with Crippen molar-refractivity contribution in [2.24, 2.45) is 0 Å². The molecule has 0 spiro atoms. The summed E-state index contributed by atoms with van der Waals surface area (Å²) < 4.78 is 9.59. The fraction of sp³-hybridized carbons (Fsp3) is 0.500. The molecule has 0 aliphatic heterocycles. The van der Waals surface area contributed by atoms with E-state index in [9.17, 15) is 4.79 Å². The Balaban J connectivity index is 2.58. The zero-order chi connectivity index (χ0) is 13.4. The molecule has 0 atom stereocenters. The summed E-state index contributed by atoms with van der Waals surface area (Å²) in [6.07, 6.45) is 3.43.